The third-order valence-electron chi connectivity index (χ3n) is 4.38. The molecule has 4 aromatic rings. The Kier molecular flexibility index (Phi) is 6.36. The number of furan rings is 1. The summed E-state index contributed by atoms with van der Waals surface area (Å²) in [6.07, 6.45) is 1.67. The summed E-state index contributed by atoms with van der Waals surface area (Å²) in [5, 5.41) is 12.6. The van der Waals surface area contributed by atoms with Gasteiger partial charge in [0.15, 0.2) is 10.9 Å². The smallest absolute Gasteiger partial charge is 0.266 e. The fourth-order valence-corrected chi connectivity index (χ4v) is 3.72. The maximum Gasteiger partial charge on any atom is 0.266 e. The average Bonchev–Trinajstić information content (AvgIpc) is 3.41. The fraction of sp³-hybridized carbons (Fsp3) is 0.238. The Morgan fingerprint density at radius 3 is 2.72 bits per heavy atom. The molecule has 0 radical (unpaired) electrons. The molecule has 11 heteroatoms. The Morgan fingerprint density at radius 2 is 1.97 bits per heavy atom. The predicted molar refractivity (Wildman–Crippen MR) is 120 cm³/mol. The Labute approximate surface area is 187 Å². The van der Waals surface area contributed by atoms with Crippen LogP contribution >= 0.6 is 11.3 Å². The summed E-state index contributed by atoms with van der Waals surface area (Å²) in [6.45, 7) is 4.30. The molecule has 0 saturated heterocycles. The second kappa shape index (κ2) is 9.52. The second-order valence-corrected chi connectivity index (χ2v) is 7.89. The number of aromatic nitrogens is 5. The Bertz CT molecular complexity index is 1260. The van der Waals surface area contributed by atoms with Crippen molar-refractivity contribution in [2.45, 2.75) is 26.8 Å². The van der Waals surface area contributed by atoms with Crippen LogP contribution in [0.15, 0.2) is 51.2 Å². The van der Waals surface area contributed by atoms with E-state index in [9.17, 15) is 9.59 Å². The molecule has 0 saturated carbocycles. The van der Waals surface area contributed by atoms with Crippen LogP contribution in [0.2, 0.25) is 0 Å². The first-order valence-corrected chi connectivity index (χ1v) is 10.8. The van der Waals surface area contributed by atoms with E-state index in [1.165, 1.54) is 22.1 Å². The summed E-state index contributed by atoms with van der Waals surface area (Å²) in [7, 11) is 0. The van der Waals surface area contributed by atoms with Gasteiger partial charge in [0.1, 0.15) is 5.69 Å². The maximum atomic E-state index is 12.3. The van der Waals surface area contributed by atoms with E-state index in [4.69, 9.17) is 4.42 Å². The second-order valence-electron chi connectivity index (χ2n) is 7.03. The van der Waals surface area contributed by atoms with E-state index < -0.39 is 0 Å². The van der Waals surface area contributed by atoms with Crippen molar-refractivity contribution >= 4 is 28.3 Å². The summed E-state index contributed by atoms with van der Waals surface area (Å²) in [5.41, 5.74) is 2.66. The number of nitrogens with zero attached hydrogens (tertiary/aromatic N) is 5. The number of thiazole rings is 1. The van der Waals surface area contributed by atoms with E-state index in [0.29, 0.717) is 28.2 Å². The molecule has 0 bridgehead atoms. The number of rotatable bonds is 8. The zero-order valence-electron chi connectivity index (χ0n) is 17.5. The van der Waals surface area contributed by atoms with Crippen molar-refractivity contribution in [3.05, 3.63) is 69.4 Å². The molecule has 0 aliphatic rings. The van der Waals surface area contributed by atoms with Gasteiger partial charge in [0, 0.05) is 29.4 Å². The summed E-state index contributed by atoms with van der Waals surface area (Å²) in [6, 6.07) is 8.44. The lowest BCUT2D eigenvalue weighted by Crippen LogP contribution is -2.32. The van der Waals surface area contributed by atoms with Gasteiger partial charge in [-0.2, -0.15) is 5.10 Å². The molecule has 0 spiro atoms. The van der Waals surface area contributed by atoms with Gasteiger partial charge in [0.25, 0.3) is 5.56 Å². The molecule has 164 valence electrons. The first-order valence-electron chi connectivity index (χ1n) is 9.89. The largest absolute Gasteiger partial charge is 0.463 e. The van der Waals surface area contributed by atoms with Crippen LogP contribution in [0.5, 0.6) is 0 Å². The Balaban J connectivity index is 1.29. The number of hydrogen-bond donors (Lipinski definition) is 2. The van der Waals surface area contributed by atoms with Crippen LogP contribution < -0.4 is 16.2 Å². The molecule has 0 atom stereocenters. The van der Waals surface area contributed by atoms with E-state index in [-0.39, 0.29) is 31.0 Å². The molecular weight excluding hydrogens is 430 g/mol. The molecule has 4 rings (SSSR count). The minimum atomic E-state index is -0.252. The van der Waals surface area contributed by atoms with E-state index >= 15 is 0 Å². The monoisotopic (exact) mass is 451 g/mol. The zero-order chi connectivity index (χ0) is 22.5. The van der Waals surface area contributed by atoms with Crippen molar-refractivity contribution < 1.29 is 9.21 Å². The Morgan fingerprint density at radius 1 is 1.16 bits per heavy atom. The number of nitrogens with one attached hydrogen (secondary N) is 2. The number of carbonyl (C=O) groups excluding carboxylic acids is 1. The minimum absolute atomic E-state index is 0.126. The van der Waals surface area contributed by atoms with Gasteiger partial charge in [-0.25, -0.2) is 19.6 Å². The standard InChI is InChI=1S/C21H21N7O3S/c1-13-10-14(2)24-20(23-13)26-21-25-15(12-32-21)11-18(29)22-7-8-28-19(30)6-5-16(27-28)17-4-3-9-31-17/h3-6,9-10,12H,7-8,11H2,1-2H3,(H,22,29)(H,23,24,25,26). The van der Waals surface area contributed by atoms with Crippen molar-refractivity contribution in [2.75, 3.05) is 11.9 Å². The van der Waals surface area contributed by atoms with Crippen molar-refractivity contribution in [3.8, 4) is 11.5 Å². The quantitative estimate of drug-likeness (QED) is 0.418. The maximum absolute atomic E-state index is 12.3. The fourth-order valence-electron chi connectivity index (χ4n) is 3.02. The topological polar surface area (TPSA) is 128 Å². The molecular formula is C21H21N7O3S. The van der Waals surface area contributed by atoms with Crippen LogP contribution in [0.1, 0.15) is 17.1 Å². The van der Waals surface area contributed by atoms with Gasteiger partial charge in [-0.1, -0.05) is 0 Å². The lowest BCUT2D eigenvalue weighted by atomic mass is 10.3. The van der Waals surface area contributed by atoms with Crippen molar-refractivity contribution in [1.82, 2.24) is 30.0 Å². The number of hydrogen-bond acceptors (Lipinski definition) is 9. The number of amides is 1. The summed E-state index contributed by atoms with van der Waals surface area (Å²) in [4.78, 5) is 37.4. The van der Waals surface area contributed by atoms with Crippen LogP contribution in [0.4, 0.5) is 11.1 Å². The highest BCUT2D eigenvalue weighted by atomic mass is 32.1. The summed E-state index contributed by atoms with van der Waals surface area (Å²) >= 11 is 1.37. The molecule has 10 nitrogen and oxygen atoms in total. The minimum Gasteiger partial charge on any atom is -0.463 e. The van der Waals surface area contributed by atoms with Crippen LogP contribution in [0.3, 0.4) is 0 Å². The lowest BCUT2D eigenvalue weighted by Gasteiger charge is -2.07. The van der Waals surface area contributed by atoms with E-state index in [0.717, 1.165) is 11.4 Å². The van der Waals surface area contributed by atoms with Crippen LogP contribution in [-0.2, 0) is 17.8 Å². The van der Waals surface area contributed by atoms with Crippen LogP contribution in [0, 0.1) is 13.8 Å². The predicted octanol–water partition coefficient (Wildman–Crippen LogP) is 2.47. The van der Waals surface area contributed by atoms with Crippen molar-refractivity contribution in [1.29, 1.82) is 0 Å². The molecule has 0 aliphatic heterocycles. The summed E-state index contributed by atoms with van der Waals surface area (Å²) < 4.78 is 6.61. The molecule has 4 heterocycles. The molecule has 4 aromatic heterocycles. The first kappa shape index (κ1) is 21.4. The third kappa shape index (κ3) is 5.43. The number of anilines is 2. The molecule has 0 unspecified atom stereocenters. The molecule has 0 aliphatic carbocycles. The highest BCUT2D eigenvalue weighted by Gasteiger charge is 2.10. The van der Waals surface area contributed by atoms with Crippen molar-refractivity contribution in [2.24, 2.45) is 0 Å². The first-order chi connectivity index (χ1) is 15.5. The van der Waals surface area contributed by atoms with E-state index in [1.54, 1.807) is 24.5 Å². The SMILES string of the molecule is Cc1cc(C)nc(Nc2nc(CC(=O)NCCn3nc(-c4ccco4)ccc3=O)cs2)n1. The van der Waals surface area contributed by atoms with Gasteiger partial charge >= 0.3 is 0 Å². The van der Waals surface area contributed by atoms with Crippen LogP contribution in [0.25, 0.3) is 11.5 Å². The van der Waals surface area contributed by atoms with Crippen LogP contribution in [-0.4, -0.2) is 37.2 Å². The molecule has 2 N–H and O–H groups in total. The van der Waals surface area contributed by atoms with Gasteiger partial charge in [0.05, 0.1) is 24.9 Å². The van der Waals surface area contributed by atoms with E-state index in [1.807, 2.05) is 25.3 Å². The van der Waals surface area contributed by atoms with Gasteiger partial charge in [-0.05, 0) is 38.1 Å². The number of aryl methyl sites for hydroxylation is 2. The summed E-state index contributed by atoms with van der Waals surface area (Å²) in [5.74, 6) is 0.851. The molecule has 0 aromatic carbocycles. The normalized spacial score (nSPS) is 10.8. The highest BCUT2D eigenvalue weighted by molar-refractivity contribution is 7.13. The average molecular weight is 452 g/mol. The lowest BCUT2D eigenvalue weighted by molar-refractivity contribution is -0.120. The molecule has 1 amide bonds. The van der Waals surface area contributed by atoms with Crippen molar-refractivity contribution in [3.63, 3.8) is 0 Å². The number of carbonyl (C=O) groups is 1. The third-order valence-corrected chi connectivity index (χ3v) is 5.19. The highest BCUT2D eigenvalue weighted by Crippen LogP contribution is 2.19. The van der Waals surface area contributed by atoms with Gasteiger partial charge in [-0.15, -0.1) is 11.3 Å². The Hall–Kier alpha value is -3.86. The zero-order valence-corrected chi connectivity index (χ0v) is 18.3. The van der Waals surface area contributed by atoms with Gasteiger partial charge in [-0.3, -0.25) is 9.59 Å². The van der Waals surface area contributed by atoms with Gasteiger partial charge in [0.2, 0.25) is 11.9 Å². The van der Waals surface area contributed by atoms with Gasteiger partial charge < -0.3 is 15.1 Å². The van der Waals surface area contributed by atoms with E-state index in [2.05, 4.69) is 30.7 Å². The molecule has 0 fully saturated rings. The molecule has 32 heavy (non-hydrogen) atoms.